The van der Waals surface area contributed by atoms with Crippen LogP contribution in [-0.4, -0.2) is 13.0 Å². The van der Waals surface area contributed by atoms with E-state index in [-0.39, 0.29) is 15.8 Å². The molecule has 1 heterocycles. The highest BCUT2D eigenvalue weighted by atomic mass is 32.2. The molecule has 27 heavy (non-hydrogen) atoms. The van der Waals surface area contributed by atoms with Gasteiger partial charge in [0, 0.05) is 12.6 Å². The number of nitrogens with one attached hydrogen (secondary N) is 1. The van der Waals surface area contributed by atoms with Crippen LogP contribution in [0.25, 0.3) is 10.2 Å². The highest BCUT2D eigenvalue weighted by Gasteiger charge is 2.21. The smallest absolute Gasteiger partial charge is 0.299 e. The van der Waals surface area contributed by atoms with Crippen LogP contribution in [-0.2, 0) is 29.4 Å². The minimum atomic E-state index is -3.68. The van der Waals surface area contributed by atoms with E-state index in [0.717, 1.165) is 35.3 Å². The Morgan fingerprint density at radius 3 is 2.70 bits per heavy atom. The van der Waals surface area contributed by atoms with E-state index in [1.807, 2.05) is 19.9 Å². The molecule has 0 bridgehead atoms. The van der Waals surface area contributed by atoms with Crippen molar-refractivity contribution in [2.24, 2.45) is 0 Å². The Labute approximate surface area is 162 Å². The van der Waals surface area contributed by atoms with E-state index >= 15 is 0 Å². The van der Waals surface area contributed by atoms with Gasteiger partial charge in [0.2, 0.25) is 10.0 Å². The summed E-state index contributed by atoms with van der Waals surface area (Å²) in [5.41, 5.74) is 4.44. The van der Waals surface area contributed by atoms with Crippen molar-refractivity contribution in [3.05, 3.63) is 62.8 Å². The molecule has 1 unspecified atom stereocenters. The second kappa shape index (κ2) is 6.89. The van der Waals surface area contributed by atoms with Crippen LogP contribution in [0.4, 0.5) is 0 Å². The van der Waals surface area contributed by atoms with E-state index in [9.17, 15) is 13.2 Å². The van der Waals surface area contributed by atoms with Crippen molar-refractivity contribution in [2.75, 3.05) is 0 Å². The van der Waals surface area contributed by atoms with Gasteiger partial charge in [-0.3, -0.25) is 9.36 Å². The molecule has 142 valence electrons. The Balaban J connectivity index is 1.63. The second-order valence-corrected chi connectivity index (χ2v) is 9.67. The van der Waals surface area contributed by atoms with E-state index < -0.39 is 10.0 Å². The molecular weight excluding hydrogens is 380 g/mol. The standard InChI is InChI=1S/C20H22N2O3S2/c1-3-22-18-10-9-17(12-19(18)26-20(22)23)27(24,25)21-13(2)15-8-7-14-5-4-6-16(14)11-15/h7-13,21H,3-6H2,1-2H3. The quantitative estimate of drug-likeness (QED) is 0.709. The molecule has 1 atom stereocenters. The number of aromatic nitrogens is 1. The normalized spacial score (nSPS) is 15.2. The van der Waals surface area contributed by atoms with Crippen LogP contribution in [0, 0.1) is 0 Å². The predicted octanol–water partition coefficient (Wildman–Crippen LogP) is 3.61. The molecule has 0 fully saturated rings. The van der Waals surface area contributed by atoms with Crippen LogP contribution in [0.5, 0.6) is 0 Å². The van der Waals surface area contributed by atoms with Crippen LogP contribution in [0.15, 0.2) is 46.1 Å². The zero-order valence-electron chi connectivity index (χ0n) is 15.4. The average Bonchev–Trinajstić information content (AvgIpc) is 3.22. The molecule has 0 amide bonds. The fraction of sp³-hybridized carbons (Fsp3) is 0.350. The van der Waals surface area contributed by atoms with Gasteiger partial charge in [0.05, 0.1) is 15.1 Å². The summed E-state index contributed by atoms with van der Waals surface area (Å²) in [4.78, 5) is 12.1. The van der Waals surface area contributed by atoms with Gasteiger partial charge >= 0.3 is 4.87 Å². The van der Waals surface area contributed by atoms with Crippen molar-refractivity contribution in [3.8, 4) is 0 Å². The first kappa shape index (κ1) is 18.4. The van der Waals surface area contributed by atoms with Crippen molar-refractivity contribution >= 4 is 31.6 Å². The maximum Gasteiger partial charge on any atom is 0.308 e. The van der Waals surface area contributed by atoms with Crippen LogP contribution in [0.1, 0.15) is 43.0 Å². The monoisotopic (exact) mass is 402 g/mol. The van der Waals surface area contributed by atoms with Crippen molar-refractivity contribution in [3.63, 3.8) is 0 Å². The number of hydrogen-bond donors (Lipinski definition) is 1. The third-order valence-electron chi connectivity index (χ3n) is 5.22. The fourth-order valence-corrected chi connectivity index (χ4v) is 6.07. The third-order valence-corrected chi connectivity index (χ3v) is 7.70. The van der Waals surface area contributed by atoms with Crippen molar-refractivity contribution < 1.29 is 8.42 Å². The molecule has 2 aromatic carbocycles. The van der Waals surface area contributed by atoms with E-state index in [1.54, 1.807) is 22.8 Å². The Kier molecular flexibility index (Phi) is 4.70. The molecule has 7 heteroatoms. The molecule has 1 aromatic heterocycles. The largest absolute Gasteiger partial charge is 0.308 e. The zero-order valence-corrected chi connectivity index (χ0v) is 17.0. The molecule has 3 aromatic rings. The Bertz CT molecular complexity index is 1180. The van der Waals surface area contributed by atoms with Gasteiger partial charge in [0.1, 0.15) is 0 Å². The minimum Gasteiger partial charge on any atom is -0.299 e. The lowest BCUT2D eigenvalue weighted by Gasteiger charge is -2.16. The number of sulfonamides is 1. The van der Waals surface area contributed by atoms with Crippen molar-refractivity contribution in [1.29, 1.82) is 0 Å². The highest BCUT2D eigenvalue weighted by Crippen LogP contribution is 2.27. The Hall–Kier alpha value is -1.96. The maximum atomic E-state index is 12.9. The van der Waals surface area contributed by atoms with Crippen molar-refractivity contribution in [2.45, 2.75) is 50.6 Å². The molecule has 5 nitrogen and oxygen atoms in total. The van der Waals surface area contributed by atoms with E-state index in [0.29, 0.717) is 11.2 Å². The number of aryl methyl sites for hydroxylation is 3. The summed E-state index contributed by atoms with van der Waals surface area (Å²) in [5.74, 6) is 0. The van der Waals surface area contributed by atoms with E-state index in [2.05, 4.69) is 16.9 Å². The number of thiazole rings is 1. The van der Waals surface area contributed by atoms with Gasteiger partial charge in [0.25, 0.3) is 0 Å². The van der Waals surface area contributed by atoms with Crippen LogP contribution < -0.4 is 9.60 Å². The molecular formula is C20H22N2O3S2. The Morgan fingerprint density at radius 2 is 1.93 bits per heavy atom. The third kappa shape index (κ3) is 3.35. The van der Waals surface area contributed by atoms with Crippen molar-refractivity contribution in [1.82, 2.24) is 9.29 Å². The molecule has 1 aliphatic rings. The summed E-state index contributed by atoms with van der Waals surface area (Å²) in [5, 5.41) is 0. The molecule has 0 saturated carbocycles. The summed E-state index contributed by atoms with van der Waals surface area (Å²) < 4.78 is 30.8. The highest BCUT2D eigenvalue weighted by molar-refractivity contribution is 7.89. The molecule has 0 spiro atoms. The summed E-state index contributed by atoms with van der Waals surface area (Å²) >= 11 is 1.08. The number of hydrogen-bond acceptors (Lipinski definition) is 4. The molecule has 4 rings (SSSR count). The van der Waals surface area contributed by atoms with Crippen LogP contribution in [0.2, 0.25) is 0 Å². The van der Waals surface area contributed by atoms with Gasteiger partial charge < -0.3 is 0 Å². The number of rotatable bonds is 5. The van der Waals surface area contributed by atoms with Crippen LogP contribution in [0.3, 0.4) is 0 Å². The lowest BCUT2D eigenvalue weighted by molar-refractivity contribution is 0.567. The first-order chi connectivity index (χ1) is 12.9. The van der Waals surface area contributed by atoms with Gasteiger partial charge in [-0.05, 0) is 68.0 Å². The van der Waals surface area contributed by atoms with Gasteiger partial charge in [-0.15, -0.1) is 0 Å². The number of benzene rings is 2. The number of fused-ring (bicyclic) bond motifs is 2. The van der Waals surface area contributed by atoms with Gasteiger partial charge in [0.15, 0.2) is 0 Å². The SMILES string of the molecule is CCn1c(=O)sc2cc(S(=O)(=O)NC(C)c3ccc4c(c3)CCC4)ccc21. The summed E-state index contributed by atoms with van der Waals surface area (Å²) in [6.07, 6.45) is 3.34. The van der Waals surface area contributed by atoms with E-state index in [4.69, 9.17) is 0 Å². The zero-order chi connectivity index (χ0) is 19.2. The van der Waals surface area contributed by atoms with Gasteiger partial charge in [-0.2, -0.15) is 0 Å². The van der Waals surface area contributed by atoms with E-state index in [1.165, 1.54) is 17.5 Å². The maximum absolute atomic E-state index is 12.9. The van der Waals surface area contributed by atoms with Gasteiger partial charge in [-0.25, -0.2) is 13.1 Å². The predicted molar refractivity (Wildman–Crippen MR) is 109 cm³/mol. The fourth-order valence-electron chi connectivity index (χ4n) is 3.74. The first-order valence-corrected chi connectivity index (χ1v) is 11.5. The minimum absolute atomic E-state index is 0.0680. The lowest BCUT2D eigenvalue weighted by Crippen LogP contribution is -2.27. The van der Waals surface area contributed by atoms with Crippen LogP contribution >= 0.6 is 11.3 Å². The summed E-state index contributed by atoms with van der Waals surface area (Å²) in [6.45, 7) is 4.33. The number of nitrogens with zero attached hydrogens (tertiary/aromatic N) is 1. The topological polar surface area (TPSA) is 68.2 Å². The second-order valence-electron chi connectivity index (χ2n) is 6.97. The molecule has 1 aliphatic carbocycles. The average molecular weight is 403 g/mol. The molecule has 1 N–H and O–H groups in total. The lowest BCUT2D eigenvalue weighted by atomic mass is 10.0. The molecule has 0 aliphatic heterocycles. The van der Waals surface area contributed by atoms with Gasteiger partial charge in [-0.1, -0.05) is 29.5 Å². The summed E-state index contributed by atoms with van der Waals surface area (Å²) in [6, 6.07) is 10.8. The molecule has 0 saturated heterocycles. The first-order valence-electron chi connectivity index (χ1n) is 9.16. The summed E-state index contributed by atoms with van der Waals surface area (Å²) in [7, 11) is -3.68. The Morgan fingerprint density at radius 1 is 1.15 bits per heavy atom. The molecule has 0 radical (unpaired) electrons.